The van der Waals surface area contributed by atoms with Crippen LogP contribution in [0.5, 0.6) is 0 Å². The van der Waals surface area contributed by atoms with Crippen molar-refractivity contribution >= 4 is 5.97 Å². The molecule has 2 heterocycles. The van der Waals surface area contributed by atoms with Crippen molar-refractivity contribution in [3.8, 4) is 0 Å². The summed E-state index contributed by atoms with van der Waals surface area (Å²) in [6.07, 6.45) is 2.82. The summed E-state index contributed by atoms with van der Waals surface area (Å²) < 4.78 is 10.4. The maximum Gasteiger partial charge on any atom is 0.323 e. The van der Waals surface area contributed by atoms with E-state index in [1.54, 1.807) is 0 Å². The molecule has 1 N–H and O–H groups in total. The molecule has 2 atom stereocenters. The van der Waals surface area contributed by atoms with Gasteiger partial charge >= 0.3 is 5.97 Å². The molecule has 4 heteroatoms. The van der Waals surface area contributed by atoms with Gasteiger partial charge in [0.15, 0.2) is 0 Å². The van der Waals surface area contributed by atoms with Crippen LogP contribution in [0.1, 0.15) is 19.3 Å². The summed E-state index contributed by atoms with van der Waals surface area (Å²) in [5.41, 5.74) is 0. The van der Waals surface area contributed by atoms with Gasteiger partial charge in [0.1, 0.15) is 12.1 Å². The van der Waals surface area contributed by atoms with Gasteiger partial charge in [0.05, 0.1) is 13.2 Å². The molecule has 1 unspecified atom stereocenters. The van der Waals surface area contributed by atoms with Crippen LogP contribution in [0.2, 0.25) is 0 Å². The van der Waals surface area contributed by atoms with E-state index in [4.69, 9.17) is 9.47 Å². The highest BCUT2D eigenvalue weighted by Gasteiger charge is 2.27. The number of hydrogen-bond donors (Lipinski definition) is 1. The van der Waals surface area contributed by atoms with Crippen molar-refractivity contribution in [2.24, 2.45) is 0 Å². The molecule has 2 saturated heterocycles. The predicted octanol–water partition coefficient (Wildman–Crippen LogP) is 0.0705. The second kappa shape index (κ2) is 4.07. The average molecular weight is 185 g/mol. The van der Waals surface area contributed by atoms with Crippen molar-refractivity contribution in [3.63, 3.8) is 0 Å². The Labute approximate surface area is 77.6 Å². The quantitative estimate of drug-likeness (QED) is 0.618. The fourth-order valence-corrected chi connectivity index (χ4v) is 1.74. The van der Waals surface area contributed by atoms with Crippen LogP contribution in [0, 0.1) is 0 Å². The lowest BCUT2D eigenvalue weighted by molar-refractivity contribution is -0.151. The second-order valence-electron chi connectivity index (χ2n) is 3.57. The van der Waals surface area contributed by atoms with Crippen LogP contribution in [-0.4, -0.2) is 37.9 Å². The molecule has 0 aromatic rings. The van der Waals surface area contributed by atoms with Crippen molar-refractivity contribution in [1.29, 1.82) is 0 Å². The van der Waals surface area contributed by atoms with Crippen LogP contribution in [-0.2, 0) is 14.3 Å². The van der Waals surface area contributed by atoms with E-state index in [9.17, 15) is 4.79 Å². The van der Waals surface area contributed by atoms with E-state index >= 15 is 0 Å². The number of carbonyl (C=O) groups excluding carboxylic acids is 1. The third-order valence-corrected chi connectivity index (χ3v) is 2.52. The van der Waals surface area contributed by atoms with Crippen LogP contribution >= 0.6 is 0 Å². The monoisotopic (exact) mass is 185 g/mol. The molecular formula is C9H15NO3. The molecule has 13 heavy (non-hydrogen) atoms. The lowest BCUT2D eigenvalue weighted by atomic mass is 10.2. The molecule has 2 aliphatic heterocycles. The van der Waals surface area contributed by atoms with E-state index in [2.05, 4.69) is 5.32 Å². The van der Waals surface area contributed by atoms with Gasteiger partial charge in [-0.25, -0.2) is 0 Å². The van der Waals surface area contributed by atoms with Gasteiger partial charge in [-0.15, -0.1) is 0 Å². The molecule has 0 radical (unpaired) electrons. The molecule has 74 valence electrons. The van der Waals surface area contributed by atoms with Gasteiger partial charge in [-0.1, -0.05) is 0 Å². The largest absolute Gasteiger partial charge is 0.459 e. The Kier molecular flexibility index (Phi) is 2.80. The van der Waals surface area contributed by atoms with Crippen molar-refractivity contribution in [1.82, 2.24) is 5.32 Å². The van der Waals surface area contributed by atoms with Crippen molar-refractivity contribution in [2.75, 3.05) is 19.8 Å². The minimum Gasteiger partial charge on any atom is -0.459 e. The van der Waals surface area contributed by atoms with Gasteiger partial charge in [-0.2, -0.15) is 0 Å². The summed E-state index contributed by atoms with van der Waals surface area (Å²) in [6.45, 7) is 2.22. The minimum absolute atomic E-state index is 0.00472. The zero-order valence-corrected chi connectivity index (χ0v) is 7.62. The van der Waals surface area contributed by atoms with Crippen LogP contribution in [0.25, 0.3) is 0 Å². The molecular weight excluding hydrogens is 170 g/mol. The van der Waals surface area contributed by atoms with Crippen LogP contribution in [0.15, 0.2) is 0 Å². The highest BCUT2D eigenvalue weighted by Crippen LogP contribution is 2.12. The lowest BCUT2D eigenvalue weighted by Crippen LogP contribution is -2.35. The predicted molar refractivity (Wildman–Crippen MR) is 46.3 cm³/mol. The lowest BCUT2D eigenvalue weighted by Gasteiger charge is -2.13. The number of hydrogen-bond acceptors (Lipinski definition) is 4. The van der Waals surface area contributed by atoms with Crippen molar-refractivity contribution in [3.05, 3.63) is 0 Å². The Morgan fingerprint density at radius 3 is 3.00 bits per heavy atom. The summed E-state index contributed by atoms with van der Waals surface area (Å²) in [7, 11) is 0. The second-order valence-corrected chi connectivity index (χ2v) is 3.57. The Bertz CT molecular complexity index is 183. The summed E-state index contributed by atoms with van der Waals surface area (Å²) in [4.78, 5) is 11.5. The van der Waals surface area contributed by atoms with Crippen LogP contribution in [0.4, 0.5) is 0 Å². The van der Waals surface area contributed by atoms with Gasteiger partial charge in [-0.3, -0.25) is 4.79 Å². The normalized spacial score (nSPS) is 33.5. The zero-order chi connectivity index (χ0) is 9.10. The maximum absolute atomic E-state index is 11.5. The summed E-state index contributed by atoms with van der Waals surface area (Å²) >= 11 is 0. The van der Waals surface area contributed by atoms with E-state index in [0.717, 1.165) is 32.4 Å². The Hall–Kier alpha value is -0.610. The van der Waals surface area contributed by atoms with E-state index in [1.165, 1.54) is 0 Å². The number of rotatable bonds is 2. The van der Waals surface area contributed by atoms with Gasteiger partial charge in [0.25, 0.3) is 0 Å². The standard InChI is InChI=1S/C9H15NO3/c11-9(8-2-1-4-10-8)13-7-3-5-12-6-7/h7-8,10H,1-6H2/t7?,8-/m0/s1. The molecule has 0 saturated carbocycles. The number of nitrogens with one attached hydrogen (secondary N) is 1. The Morgan fingerprint density at radius 1 is 1.46 bits per heavy atom. The van der Waals surface area contributed by atoms with Crippen LogP contribution in [0.3, 0.4) is 0 Å². The van der Waals surface area contributed by atoms with Gasteiger partial charge in [-0.05, 0) is 19.4 Å². The molecule has 0 amide bonds. The minimum atomic E-state index is -0.104. The topological polar surface area (TPSA) is 47.6 Å². The van der Waals surface area contributed by atoms with E-state index in [0.29, 0.717) is 6.61 Å². The van der Waals surface area contributed by atoms with Crippen LogP contribution < -0.4 is 5.32 Å². The molecule has 2 fully saturated rings. The van der Waals surface area contributed by atoms with E-state index < -0.39 is 0 Å². The smallest absolute Gasteiger partial charge is 0.323 e. The number of ether oxygens (including phenoxy) is 2. The van der Waals surface area contributed by atoms with Gasteiger partial charge < -0.3 is 14.8 Å². The molecule has 2 rings (SSSR count). The average Bonchev–Trinajstić information content (AvgIpc) is 2.74. The molecule has 0 bridgehead atoms. The van der Waals surface area contributed by atoms with Gasteiger partial charge in [0.2, 0.25) is 0 Å². The first-order valence-electron chi connectivity index (χ1n) is 4.88. The van der Waals surface area contributed by atoms with Gasteiger partial charge in [0, 0.05) is 6.42 Å². The molecule has 4 nitrogen and oxygen atoms in total. The highest BCUT2D eigenvalue weighted by molar-refractivity contribution is 5.76. The number of carbonyl (C=O) groups is 1. The first-order valence-corrected chi connectivity index (χ1v) is 4.88. The van der Waals surface area contributed by atoms with E-state index in [1.807, 2.05) is 0 Å². The maximum atomic E-state index is 11.5. The SMILES string of the molecule is O=C(OC1CCOC1)[C@@H]1CCCN1. The fraction of sp³-hybridized carbons (Fsp3) is 0.889. The Morgan fingerprint density at radius 2 is 2.38 bits per heavy atom. The number of esters is 1. The summed E-state index contributed by atoms with van der Waals surface area (Å²) in [6, 6.07) is -0.0689. The Balaban J connectivity index is 1.76. The summed E-state index contributed by atoms with van der Waals surface area (Å²) in [5, 5.41) is 3.11. The molecule has 2 aliphatic rings. The zero-order valence-electron chi connectivity index (χ0n) is 7.62. The molecule has 0 aromatic heterocycles. The first-order chi connectivity index (χ1) is 6.36. The molecule has 0 aromatic carbocycles. The van der Waals surface area contributed by atoms with Crippen molar-refractivity contribution in [2.45, 2.75) is 31.4 Å². The van der Waals surface area contributed by atoms with Crippen molar-refractivity contribution < 1.29 is 14.3 Å². The third-order valence-electron chi connectivity index (χ3n) is 2.52. The third kappa shape index (κ3) is 2.19. The fourth-order valence-electron chi connectivity index (χ4n) is 1.74. The molecule has 0 aliphatic carbocycles. The first kappa shape index (κ1) is 8.97. The van der Waals surface area contributed by atoms with E-state index in [-0.39, 0.29) is 18.1 Å². The summed E-state index contributed by atoms with van der Waals surface area (Å²) in [5.74, 6) is -0.104. The highest BCUT2D eigenvalue weighted by atomic mass is 16.6. The molecule has 0 spiro atoms.